The molecule has 0 fully saturated rings. The zero-order chi connectivity index (χ0) is 13.2. The van der Waals surface area contributed by atoms with E-state index in [9.17, 15) is 9.59 Å². The molecule has 1 N–H and O–H groups in total. The molecule has 18 heavy (non-hydrogen) atoms. The molecule has 4 heteroatoms. The maximum atomic E-state index is 11.1. The Hall–Kier alpha value is -2.36. The fraction of sp³-hybridized carbons (Fsp3) is 0.143. The molecule has 0 unspecified atom stereocenters. The molecular formula is C14H14O4. The highest BCUT2D eigenvalue weighted by atomic mass is 16.5. The number of benzene rings is 1. The zero-order valence-electron chi connectivity index (χ0n) is 9.78. The van der Waals surface area contributed by atoms with Crippen molar-refractivity contribution in [2.45, 2.75) is 6.42 Å². The van der Waals surface area contributed by atoms with Gasteiger partial charge in [0.05, 0.1) is 6.42 Å². The van der Waals surface area contributed by atoms with E-state index in [1.54, 1.807) is 12.2 Å². The van der Waals surface area contributed by atoms with E-state index >= 15 is 0 Å². The summed E-state index contributed by atoms with van der Waals surface area (Å²) in [5.74, 6) is -1.54. The second kappa shape index (κ2) is 7.84. The standard InChI is InChI=1S/C14H14O4/c15-13(16)10-11-18-14(17)9-5-4-8-12-6-2-1-3-7-12/h1-9H,10-11H2,(H,15,16). The third-order valence-electron chi connectivity index (χ3n) is 1.99. The van der Waals surface area contributed by atoms with Gasteiger partial charge in [0.15, 0.2) is 0 Å². The number of hydrogen-bond acceptors (Lipinski definition) is 3. The molecule has 1 aromatic carbocycles. The predicted molar refractivity (Wildman–Crippen MR) is 67.8 cm³/mol. The smallest absolute Gasteiger partial charge is 0.330 e. The second-order valence-corrected chi connectivity index (χ2v) is 3.44. The third kappa shape index (κ3) is 6.27. The molecule has 0 spiro atoms. The quantitative estimate of drug-likeness (QED) is 0.475. The second-order valence-electron chi connectivity index (χ2n) is 3.44. The van der Waals surface area contributed by atoms with Crippen LogP contribution in [0.25, 0.3) is 6.08 Å². The summed E-state index contributed by atoms with van der Waals surface area (Å²) in [5, 5.41) is 8.35. The van der Waals surface area contributed by atoms with Crippen LogP contribution in [0.4, 0.5) is 0 Å². The monoisotopic (exact) mass is 246 g/mol. The lowest BCUT2D eigenvalue weighted by Crippen LogP contribution is -2.06. The van der Waals surface area contributed by atoms with Gasteiger partial charge in [0.2, 0.25) is 0 Å². The van der Waals surface area contributed by atoms with Gasteiger partial charge in [-0.25, -0.2) is 4.79 Å². The Labute approximate surface area is 105 Å². The highest BCUT2D eigenvalue weighted by molar-refractivity contribution is 5.82. The first-order chi connectivity index (χ1) is 8.68. The first kappa shape index (κ1) is 13.7. The molecular weight excluding hydrogens is 232 g/mol. The van der Waals surface area contributed by atoms with Crippen LogP contribution in [0.2, 0.25) is 0 Å². The summed E-state index contributed by atoms with van der Waals surface area (Å²) in [6, 6.07) is 9.64. The SMILES string of the molecule is O=C(O)CCOC(=O)C=CC=Cc1ccccc1. The molecule has 0 atom stereocenters. The van der Waals surface area contributed by atoms with Gasteiger partial charge in [-0.3, -0.25) is 4.79 Å². The van der Waals surface area contributed by atoms with Crippen molar-refractivity contribution >= 4 is 18.0 Å². The van der Waals surface area contributed by atoms with Crippen molar-refractivity contribution in [2.75, 3.05) is 6.61 Å². The van der Waals surface area contributed by atoms with Crippen LogP contribution >= 0.6 is 0 Å². The molecule has 0 saturated heterocycles. The van der Waals surface area contributed by atoms with Gasteiger partial charge >= 0.3 is 11.9 Å². The number of rotatable bonds is 6. The Morgan fingerprint density at radius 2 is 1.89 bits per heavy atom. The molecule has 0 saturated carbocycles. The van der Waals surface area contributed by atoms with Gasteiger partial charge in [0.25, 0.3) is 0 Å². The lowest BCUT2D eigenvalue weighted by molar-refractivity contribution is -0.142. The maximum Gasteiger partial charge on any atom is 0.330 e. The zero-order valence-corrected chi connectivity index (χ0v) is 9.78. The van der Waals surface area contributed by atoms with Crippen LogP contribution in [0.1, 0.15) is 12.0 Å². The number of esters is 1. The van der Waals surface area contributed by atoms with Crippen LogP contribution in [0.15, 0.2) is 48.6 Å². The highest BCUT2D eigenvalue weighted by Gasteiger charge is 1.99. The minimum Gasteiger partial charge on any atom is -0.481 e. The van der Waals surface area contributed by atoms with E-state index in [2.05, 4.69) is 4.74 Å². The fourth-order valence-corrected chi connectivity index (χ4v) is 1.15. The van der Waals surface area contributed by atoms with E-state index in [1.165, 1.54) is 6.08 Å². The van der Waals surface area contributed by atoms with Crippen molar-refractivity contribution in [3.63, 3.8) is 0 Å². The lowest BCUT2D eigenvalue weighted by Gasteiger charge is -1.97. The molecule has 0 amide bonds. The van der Waals surface area contributed by atoms with E-state index in [4.69, 9.17) is 5.11 Å². The Kier molecular flexibility index (Phi) is 5.97. The fourth-order valence-electron chi connectivity index (χ4n) is 1.15. The maximum absolute atomic E-state index is 11.1. The van der Waals surface area contributed by atoms with Crippen molar-refractivity contribution in [2.24, 2.45) is 0 Å². The summed E-state index contributed by atoms with van der Waals surface area (Å²) in [6.45, 7) is -0.110. The van der Waals surface area contributed by atoms with Crippen LogP contribution in [-0.4, -0.2) is 23.7 Å². The van der Waals surface area contributed by atoms with Crippen LogP contribution in [0.5, 0.6) is 0 Å². The molecule has 0 aliphatic rings. The minimum absolute atomic E-state index is 0.110. The van der Waals surface area contributed by atoms with Crippen LogP contribution < -0.4 is 0 Å². The van der Waals surface area contributed by atoms with Gasteiger partial charge in [-0.2, -0.15) is 0 Å². The number of carboxylic acid groups (broad SMARTS) is 1. The summed E-state index contributed by atoms with van der Waals surface area (Å²) >= 11 is 0. The van der Waals surface area contributed by atoms with Gasteiger partial charge in [-0.1, -0.05) is 48.6 Å². The third-order valence-corrected chi connectivity index (χ3v) is 1.99. The lowest BCUT2D eigenvalue weighted by atomic mass is 10.2. The van der Waals surface area contributed by atoms with Crippen molar-refractivity contribution in [3.8, 4) is 0 Å². The largest absolute Gasteiger partial charge is 0.481 e. The topological polar surface area (TPSA) is 63.6 Å². The Morgan fingerprint density at radius 1 is 1.17 bits per heavy atom. The first-order valence-corrected chi connectivity index (χ1v) is 5.47. The average Bonchev–Trinajstić information content (AvgIpc) is 2.35. The van der Waals surface area contributed by atoms with E-state index in [-0.39, 0.29) is 13.0 Å². The molecule has 0 heterocycles. The number of allylic oxidation sites excluding steroid dienone is 2. The van der Waals surface area contributed by atoms with Gasteiger partial charge in [0.1, 0.15) is 6.61 Å². The van der Waals surface area contributed by atoms with Crippen molar-refractivity contribution in [1.82, 2.24) is 0 Å². The normalized spacial score (nSPS) is 10.9. The van der Waals surface area contributed by atoms with Crippen molar-refractivity contribution in [1.29, 1.82) is 0 Å². The number of ether oxygens (including phenoxy) is 1. The van der Waals surface area contributed by atoms with Crippen LogP contribution in [0, 0.1) is 0 Å². The Morgan fingerprint density at radius 3 is 2.56 bits per heavy atom. The minimum atomic E-state index is -0.990. The molecule has 4 nitrogen and oxygen atoms in total. The highest BCUT2D eigenvalue weighted by Crippen LogP contribution is 2.00. The van der Waals surface area contributed by atoms with Gasteiger partial charge in [-0.15, -0.1) is 0 Å². The molecule has 1 rings (SSSR count). The summed E-state index contributed by atoms with van der Waals surface area (Å²) in [7, 11) is 0. The van der Waals surface area contributed by atoms with Gasteiger partial charge < -0.3 is 9.84 Å². The van der Waals surface area contributed by atoms with Crippen molar-refractivity contribution in [3.05, 3.63) is 54.1 Å². The van der Waals surface area contributed by atoms with E-state index < -0.39 is 11.9 Å². The van der Waals surface area contributed by atoms with Gasteiger partial charge in [-0.05, 0) is 5.56 Å². The molecule has 0 aliphatic carbocycles. The Balaban J connectivity index is 2.30. The van der Waals surface area contributed by atoms with Crippen molar-refractivity contribution < 1.29 is 19.4 Å². The summed E-state index contributed by atoms with van der Waals surface area (Å²) < 4.78 is 4.66. The summed E-state index contributed by atoms with van der Waals surface area (Å²) in [6.07, 6.45) is 6.19. The average molecular weight is 246 g/mol. The molecule has 0 radical (unpaired) electrons. The summed E-state index contributed by atoms with van der Waals surface area (Å²) in [4.78, 5) is 21.3. The molecule has 1 aromatic rings. The number of carbonyl (C=O) groups excluding carboxylic acids is 1. The predicted octanol–water partition coefficient (Wildman–Crippen LogP) is 2.27. The Bertz CT molecular complexity index is 446. The number of carbonyl (C=O) groups is 2. The number of hydrogen-bond donors (Lipinski definition) is 1. The van der Waals surface area contributed by atoms with E-state index in [0.29, 0.717) is 0 Å². The van der Waals surface area contributed by atoms with Crippen LogP contribution in [-0.2, 0) is 14.3 Å². The van der Waals surface area contributed by atoms with Crippen LogP contribution in [0.3, 0.4) is 0 Å². The number of carboxylic acids is 1. The summed E-state index contributed by atoms with van der Waals surface area (Å²) in [5.41, 5.74) is 1.03. The van der Waals surface area contributed by atoms with E-state index in [1.807, 2.05) is 36.4 Å². The first-order valence-electron chi connectivity index (χ1n) is 5.47. The molecule has 94 valence electrons. The number of aliphatic carboxylic acids is 1. The van der Waals surface area contributed by atoms with E-state index in [0.717, 1.165) is 5.56 Å². The molecule has 0 bridgehead atoms. The molecule has 0 aliphatic heterocycles. The molecule has 0 aromatic heterocycles. The van der Waals surface area contributed by atoms with Gasteiger partial charge in [0, 0.05) is 6.08 Å².